The van der Waals surface area contributed by atoms with E-state index in [1.807, 2.05) is 54.4 Å². The molecule has 0 amide bonds. The van der Waals surface area contributed by atoms with E-state index in [-0.39, 0.29) is 0 Å². The Labute approximate surface area is 144 Å². The average molecular weight is 343 g/mol. The van der Waals surface area contributed by atoms with Gasteiger partial charge < -0.3 is 15.0 Å². The summed E-state index contributed by atoms with van der Waals surface area (Å²) in [5, 5.41) is 4.92. The first-order valence-electron chi connectivity index (χ1n) is 7.16. The van der Waals surface area contributed by atoms with Gasteiger partial charge in [0, 0.05) is 18.8 Å². The molecule has 2 aromatic carbocycles. The summed E-state index contributed by atoms with van der Waals surface area (Å²) in [6.45, 7) is 0.676. The van der Waals surface area contributed by atoms with Crippen molar-refractivity contribution >= 4 is 44.6 Å². The summed E-state index contributed by atoms with van der Waals surface area (Å²) >= 11 is 7.16. The molecule has 0 bridgehead atoms. The molecule has 4 nitrogen and oxygen atoms in total. The summed E-state index contributed by atoms with van der Waals surface area (Å²) < 4.78 is 6.42. The Morgan fingerprint density at radius 1 is 1.26 bits per heavy atom. The van der Waals surface area contributed by atoms with Gasteiger partial charge >= 0.3 is 0 Å². The van der Waals surface area contributed by atoms with E-state index in [0.29, 0.717) is 11.7 Å². The molecule has 0 aliphatic heterocycles. The molecular weight excluding hydrogens is 326 g/mol. The van der Waals surface area contributed by atoms with E-state index in [1.165, 1.54) is 4.70 Å². The van der Waals surface area contributed by atoms with Crippen LogP contribution in [0.15, 0.2) is 48.5 Å². The number of para-hydroxylation sites is 1. The molecule has 1 aromatic heterocycles. The molecule has 0 aliphatic rings. The van der Waals surface area contributed by atoms with Gasteiger partial charge in [-0.25, -0.2) is 4.98 Å². The fourth-order valence-corrected chi connectivity index (χ4v) is 3.39. The maximum atomic E-state index is 5.47. The predicted molar refractivity (Wildman–Crippen MR) is 100 cm³/mol. The number of rotatable bonds is 4. The molecule has 0 saturated carbocycles. The van der Waals surface area contributed by atoms with Gasteiger partial charge in [-0.05, 0) is 36.5 Å². The van der Waals surface area contributed by atoms with Crippen LogP contribution < -0.4 is 10.1 Å². The van der Waals surface area contributed by atoms with E-state index in [4.69, 9.17) is 17.0 Å². The van der Waals surface area contributed by atoms with Crippen molar-refractivity contribution in [2.75, 3.05) is 19.5 Å². The van der Waals surface area contributed by atoms with Gasteiger partial charge in [0.25, 0.3) is 0 Å². The Morgan fingerprint density at radius 2 is 2.09 bits per heavy atom. The van der Waals surface area contributed by atoms with Crippen molar-refractivity contribution in [2.24, 2.45) is 0 Å². The first-order valence-corrected chi connectivity index (χ1v) is 8.39. The van der Waals surface area contributed by atoms with Gasteiger partial charge in [0.1, 0.15) is 10.8 Å². The van der Waals surface area contributed by atoms with E-state index in [2.05, 4.69) is 16.4 Å². The number of thiazole rings is 1. The second kappa shape index (κ2) is 6.93. The van der Waals surface area contributed by atoms with Crippen LogP contribution in [-0.4, -0.2) is 29.2 Å². The van der Waals surface area contributed by atoms with Crippen LogP contribution in [0.3, 0.4) is 0 Å². The average Bonchev–Trinajstić information content (AvgIpc) is 2.97. The lowest BCUT2D eigenvalue weighted by atomic mass is 10.3. The molecule has 0 aliphatic carbocycles. The second-order valence-electron chi connectivity index (χ2n) is 5.09. The summed E-state index contributed by atoms with van der Waals surface area (Å²) in [4.78, 5) is 6.62. The van der Waals surface area contributed by atoms with Gasteiger partial charge in [-0.3, -0.25) is 0 Å². The van der Waals surface area contributed by atoms with E-state index in [0.717, 1.165) is 22.0 Å². The quantitative estimate of drug-likeness (QED) is 0.721. The maximum absolute atomic E-state index is 5.47. The van der Waals surface area contributed by atoms with Crippen LogP contribution in [0.4, 0.5) is 5.69 Å². The first kappa shape index (κ1) is 15.7. The highest BCUT2D eigenvalue weighted by Gasteiger charge is 2.10. The molecule has 6 heteroatoms. The molecule has 1 N–H and O–H groups in total. The van der Waals surface area contributed by atoms with Crippen molar-refractivity contribution < 1.29 is 4.74 Å². The zero-order valence-electron chi connectivity index (χ0n) is 12.9. The van der Waals surface area contributed by atoms with E-state index >= 15 is 0 Å². The molecule has 3 aromatic rings. The normalized spacial score (nSPS) is 10.5. The molecule has 0 spiro atoms. The number of nitrogens with zero attached hydrogens (tertiary/aromatic N) is 2. The Hall–Kier alpha value is -2.18. The van der Waals surface area contributed by atoms with Crippen LogP contribution in [0.1, 0.15) is 5.01 Å². The third-order valence-electron chi connectivity index (χ3n) is 3.38. The maximum Gasteiger partial charge on any atom is 0.173 e. The van der Waals surface area contributed by atoms with E-state index in [1.54, 1.807) is 18.4 Å². The highest BCUT2D eigenvalue weighted by molar-refractivity contribution is 7.80. The number of methoxy groups -OCH3 is 1. The number of nitrogens with one attached hydrogen (secondary N) is 1. The van der Waals surface area contributed by atoms with Crippen LogP contribution in [0.2, 0.25) is 0 Å². The second-order valence-corrected chi connectivity index (χ2v) is 6.60. The molecule has 0 unspecified atom stereocenters. The topological polar surface area (TPSA) is 37.4 Å². The van der Waals surface area contributed by atoms with Crippen LogP contribution in [0.25, 0.3) is 10.2 Å². The molecule has 0 atom stereocenters. The van der Waals surface area contributed by atoms with Gasteiger partial charge in [0.2, 0.25) is 0 Å². The van der Waals surface area contributed by atoms with Crippen molar-refractivity contribution in [3.8, 4) is 5.75 Å². The smallest absolute Gasteiger partial charge is 0.173 e. The molecule has 0 saturated heterocycles. The van der Waals surface area contributed by atoms with Gasteiger partial charge in [-0.15, -0.1) is 11.3 Å². The number of fused-ring (bicyclic) bond motifs is 1. The largest absolute Gasteiger partial charge is 0.497 e. The molecule has 3 rings (SSSR count). The summed E-state index contributed by atoms with van der Waals surface area (Å²) in [5.41, 5.74) is 1.94. The van der Waals surface area contributed by atoms with Crippen molar-refractivity contribution in [2.45, 2.75) is 6.54 Å². The van der Waals surface area contributed by atoms with Crippen LogP contribution in [0.5, 0.6) is 5.75 Å². The number of aromatic nitrogens is 1. The fourth-order valence-electron chi connectivity index (χ4n) is 2.18. The summed E-state index contributed by atoms with van der Waals surface area (Å²) in [6, 6.07) is 15.9. The number of hydrogen-bond donors (Lipinski definition) is 1. The number of hydrogen-bond acceptors (Lipinski definition) is 4. The lowest BCUT2D eigenvalue weighted by molar-refractivity contribution is 0.415. The van der Waals surface area contributed by atoms with Crippen molar-refractivity contribution in [3.63, 3.8) is 0 Å². The van der Waals surface area contributed by atoms with Gasteiger partial charge in [0.05, 0.1) is 23.9 Å². The minimum atomic E-state index is 0.650. The predicted octanol–water partition coefficient (Wildman–Crippen LogP) is 4.13. The van der Waals surface area contributed by atoms with Crippen LogP contribution in [-0.2, 0) is 6.54 Å². The minimum Gasteiger partial charge on any atom is -0.497 e. The molecule has 0 radical (unpaired) electrons. The fraction of sp³-hybridized carbons (Fsp3) is 0.176. The highest BCUT2D eigenvalue weighted by Crippen LogP contribution is 2.23. The molecule has 118 valence electrons. The molecular formula is C17H17N3OS2. The third-order valence-corrected chi connectivity index (χ3v) is 4.81. The standard InChI is InChI=1S/C17H17N3OS2/c1-20(11-16-19-14-8-3-4-9-15(14)23-16)17(22)18-12-6-5-7-13(10-12)21-2/h3-10H,11H2,1-2H3,(H,18,22). The molecule has 1 heterocycles. The summed E-state index contributed by atoms with van der Waals surface area (Å²) in [6.07, 6.45) is 0. The Morgan fingerprint density at radius 3 is 2.87 bits per heavy atom. The zero-order chi connectivity index (χ0) is 16.2. The van der Waals surface area contributed by atoms with Gasteiger partial charge in [-0.2, -0.15) is 0 Å². The summed E-state index contributed by atoms with van der Waals surface area (Å²) in [7, 11) is 3.61. The van der Waals surface area contributed by atoms with Crippen LogP contribution >= 0.6 is 23.6 Å². The zero-order valence-corrected chi connectivity index (χ0v) is 14.6. The highest BCUT2D eigenvalue weighted by atomic mass is 32.1. The van der Waals surface area contributed by atoms with Crippen molar-refractivity contribution in [1.29, 1.82) is 0 Å². The third kappa shape index (κ3) is 3.78. The lowest BCUT2D eigenvalue weighted by Gasteiger charge is -2.20. The Bertz CT molecular complexity index is 798. The molecule has 23 heavy (non-hydrogen) atoms. The van der Waals surface area contributed by atoms with E-state index in [9.17, 15) is 0 Å². The molecule has 0 fully saturated rings. The summed E-state index contributed by atoms with van der Waals surface area (Å²) in [5.74, 6) is 0.798. The van der Waals surface area contributed by atoms with Crippen LogP contribution in [0, 0.1) is 0 Å². The van der Waals surface area contributed by atoms with Crippen molar-refractivity contribution in [1.82, 2.24) is 9.88 Å². The van der Waals surface area contributed by atoms with Gasteiger partial charge in [-0.1, -0.05) is 18.2 Å². The first-order chi connectivity index (χ1) is 11.2. The van der Waals surface area contributed by atoms with E-state index < -0.39 is 0 Å². The number of ether oxygens (including phenoxy) is 1. The lowest BCUT2D eigenvalue weighted by Crippen LogP contribution is -2.30. The Kier molecular flexibility index (Phi) is 4.73. The minimum absolute atomic E-state index is 0.650. The SMILES string of the molecule is COc1cccc(NC(=S)N(C)Cc2nc3ccccc3s2)c1. The Balaban J connectivity index is 1.67. The number of benzene rings is 2. The van der Waals surface area contributed by atoms with Gasteiger partial charge in [0.15, 0.2) is 5.11 Å². The monoisotopic (exact) mass is 343 g/mol. The number of anilines is 1. The number of thiocarbonyl (C=S) groups is 1. The van der Waals surface area contributed by atoms with Crippen molar-refractivity contribution in [3.05, 3.63) is 53.5 Å².